The second-order valence-corrected chi connectivity index (χ2v) is 10.4. The number of nitrogens with one attached hydrogen (secondary N) is 1. The topological polar surface area (TPSA) is 75.2 Å². The fourth-order valence-corrected chi connectivity index (χ4v) is 5.56. The molecule has 1 aliphatic rings. The maximum atomic E-state index is 12.7. The first kappa shape index (κ1) is 22.4. The molecule has 0 spiro atoms. The zero-order valence-corrected chi connectivity index (χ0v) is 19.7. The zero-order valence-electron chi connectivity index (χ0n) is 18.9. The Kier molecular flexibility index (Phi) is 6.58. The van der Waals surface area contributed by atoms with Gasteiger partial charge in [-0.2, -0.15) is 4.31 Å². The molecule has 6 nitrogen and oxygen atoms in total. The molecule has 2 aromatic carbocycles. The molecule has 168 valence electrons. The van der Waals surface area contributed by atoms with Crippen LogP contribution in [0, 0.1) is 20.8 Å². The first-order valence-electron chi connectivity index (χ1n) is 11.1. The SMILES string of the molecule is Cc1ccc(Cc2c(C)nc(C)nc2NCc2ccc(S(=O)(=O)N3CCCC3)cc2)cc1. The molecule has 1 N–H and O–H groups in total. The highest BCUT2D eigenvalue weighted by Crippen LogP contribution is 2.23. The third-order valence-corrected chi connectivity index (χ3v) is 7.83. The van der Waals surface area contributed by atoms with Crippen molar-refractivity contribution in [1.29, 1.82) is 0 Å². The number of nitrogens with zero attached hydrogens (tertiary/aromatic N) is 3. The highest BCUT2D eigenvalue weighted by Gasteiger charge is 2.26. The van der Waals surface area contributed by atoms with Crippen LogP contribution in [0.3, 0.4) is 0 Å². The Morgan fingerprint density at radius 3 is 2.16 bits per heavy atom. The molecule has 1 fully saturated rings. The van der Waals surface area contributed by atoms with Crippen molar-refractivity contribution in [1.82, 2.24) is 14.3 Å². The molecule has 1 aliphatic heterocycles. The van der Waals surface area contributed by atoms with Gasteiger partial charge in [0.05, 0.1) is 4.90 Å². The predicted octanol–water partition coefficient (Wildman–Crippen LogP) is 4.39. The first-order valence-corrected chi connectivity index (χ1v) is 12.5. The van der Waals surface area contributed by atoms with E-state index in [4.69, 9.17) is 0 Å². The number of hydrogen-bond donors (Lipinski definition) is 1. The lowest BCUT2D eigenvalue weighted by molar-refractivity contribution is 0.477. The van der Waals surface area contributed by atoms with Crippen LogP contribution in [-0.4, -0.2) is 35.8 Å². The van der Waals surface area contributed by atoms with E-state index in [1.165, 1.54) is 11.1 Å². The number of benzene rings is 2. The summed E-state index contributed by atoms with van der Waals surface area (Å²) in [5.74, 6) is 1.55. The van der Waals surface area contributed by atoms with Gasteiger partial charge in [0, 0.05) is 37.3 Å². The van der Waals surface area contributed by atoms with Crippen LogP contribution in [0.5, 0.6) is 0 Å². The normalized spacial score (nSPS) is 14.6. The van der Waals surface area contributed by atoms with Gasteiger partial charge in [-0.1, -0.05) is 42.0 Å². The molecule has 1 aromatic heterocycles. The predicted molar refractivity (Wildman–Crippen MR) is 127 cm³/mol. The van der Waals surface area contributed by atoms with E-state index in [0.29, 0.717) is 24.5 Å². The minimum absolute atomic E-state index is 0.358. The fourth-order valence-electron chi connectivity index (χ4n) is 4.05. The summed E-state index contributed by atoms with van der Waals surface area (Å²) in [6, 6.07) is 15.7. The summed E-state index contributed by atoms with van der Waals surface area (Å²) in [6.45, 7) is 7.77. The first-order chi connectivity index (χ1) is 15.3. The van der Waals surface area contributed by atoms with Gasteiger partial charge in [-0.25, -0.2) is 18.4 Å². The Morgan fingerprint density at radius 2 is 1.50 bits per heavy atom. The number of aryl methyl sites for hydroxylation is 3. The van der Waals surface area contributed by atoms with Crippen LogP contribution in [0.2, 0.25) is 0 Å². The minimum Gasteiger partial charge on any atom is -0.366 e. The maximum absolute atomic E-state index is 12.7. The minimum atomic E-state index is -3.39. The third kappa shape index (κ3) is 5.00. The summed E-state index contributed by atoms with van der Waals surface area (Å²) in [4.78, 5) is 9.56. The molecule has 0 radical (unpaired) electrons. The average molecular weight is 451 g/mol. The van der Waals surface area contributed by atoms with Gasteiger partial charge in [0.25, 0.3) is 0 Å². The molecule has 7 heteroatoms. The van der Waals surface area contributed by atoms with Crippen molar-refractivity contribution in [2.75, 3.05) is 18.4 Å². The molecule has 0 saturated carbocycles. The van der Waals surface area contributed by atoms with Crippen LogP contribution >= 0.6 is 0 Å². The van der Waals surface area contributed by atoms with Gasteiger partial charge in [0.1, 0.15) is 11.6 Å². The van der Waals surface area contributed by atoms with Gasteiger partial charge in [-0.05, 0) is 56.9 Å². The Hall–Kier alpha value is -2.77. The lowest BCUT2D eigenvalue weighted by Crippen LogP contribution is -2.27. The summed E-state index contributed by atoms with van der Waals surface area (Å²) in [7, 11) is -3.39. The van der Waals surface area contributed by atoms with Gasteiger partial charge < -0.3 is 5.32 Å². The van der Waals surface area contributed by atoms with Crippen molar-refractivity contribution in [2.45, 2.75) is 51.5 Å². The second kappa shape index (κ2) is 9.38. The van der Waals surface area contributed by atoms with E-state index in [0.717, 1.165) is 47.7 Å². The second-order valence-electron chi connectivity index (χ2n) is 8.45. The number of sulfonamides is 1. The van der Waals surface area contributed by atoms with Crippen molar-refractivity contribution in [2.24, 2.45) is 0 Å². The quantitative estimate of drug-likeness (QED) is 0.578. The van der Waals surface area contributed by atoms with Gasteiger partial charge in [0.15, 0.2) is 0 Å². The van der Waals surface area contributed by atoms with E-state index in [1.807, 2.05) is 26.0 Å². The lowest BCUT2D eigenvalue weighted by Gasteiger charge is -2.16. The number of rotatable bonds is 7. The van der Waals surface area contributed by atoms with Gasteiger partial charge in [0.2, 0.25) is 10.0 Å². The van der Waals surface area contributed by atoms with Crippen molar-refractivity contribution in [3.8, 4) is 0 Å². The van der Waals surface area contributed by atoms with E-state index in [-0.39, 0.29) is 0 Å². The van der Waals surface area contributed by atoms with Gasteiger partial charge >= 0.3 is 0 Å². The molecule has 1 saturated heterocycles. The van der Waals surface area contributed by atoms with E-state index in [2.05, 4.69) is 46.5 Å². The van der Waals surface area contributed by atoms with E-state index in [9.17, 15) is 8.42 Å². The maximum Gasteiger partial charge on any atom is 0.243 e. The standard InChI is InChI=1S/C25H30N4O2S/c1-18-6-8-21(9-7-18)16-24-19(2)27-20(3)28-25(24)26-17-22-10-12-23(13-11-22)32(30,31)29-14-4-5-15-29/h6-13H,4-5,14-17H2,1-3H3,(H,26,27,28). The van der Waals surface area contributed by atoms with Gasteiger partial charge in [-0.3, -0.25) is 0 Å². The highest BCUT2D eigenvalue weighted by atomic mass is 32.2. The molecule has 0 bridgehead atoms. The molecule has 32 heavy (non-hydrogen) atoms. The summed E-state index contributed by atoms with van der Waals surface area (Å²) in [5, 5.41) is 3.45. The van der Waals surface area contributed by atoms with Crippen molar-refractivity contribution >= 4 is 15.8 Å². The Morgan fingerprint density at radius 1 is 0.875 bits per heavy atom. The third-order valence-electron chi connectivity index (χ3n) is 5.91. The van der Waals surface area contributed by atoms with E-state index >= 15 is 0 Å². The van der Waals surface area contributed by atoms with E-state index in [1.54, 1.807) is 16.4 Å². The molecule has 0 aliphatic carbocycles. The summed E-state index contributed by atoms with van der Waals surface area (Å²) < 4.78 is 27.0. The zero-order chi connectivity index (χ0) is 22.7. The van der Waals surface area contributed by atoms with Crippen LogP contribution in [-0.2, 0) is 23.0 Å². The van der Waals surface area contributed by atoms with Crippen LogP contribution in [0.25, 0.3) is 0 Å². The number of hydrogen-bond acceptors (Lipinski definition) is 5. The Bertz CT molecular complexity index is 1180. The van der Waals surface area contributed by atoms with Gasteiger partial charge in [-0.15, -0.1) is 0 Å². The average Bonchev–Trinajstić information content (AvgIpc) is 3.32. The van der Waals surface area contributed by atoms with Crippen LogP contribution < -0.4 is 5.32 Å². The van der Waals surface area contributed by atoms with E-state index < -0.39 is 10.0 Å². The molecular formula is C25H30N4O2S. The smallest absolute Gasteiger partial charge is 0.243 e. The highest BCUT2D eigenvalue weighted by molar-refractivity contribution is 7.89. The van der Waals surface area contributed by atoms with Crippen molar-refractivity contribution < 1.29 is 8.42 Å². The monoisotopic (exact) mass is 450 g/mol. The summed E-state index contributed by atoms with van der Waals surface area (Å²) >= 11 is 0. The van der Waals surface area contributed by atoms with Crippen LogP contribution in [0.1, 0.15) is 46.6 Å². The molecule has 3 aromatic rings. The molecule has 2 heterocycles. The van der Waals surface area contributed by atoms with Crippen LogP contribution in [0.4, 0.5) is 5.82 Å². The molecule has 4 rings (SSSR count). The number of aromatic nitrogens is 2. The summed E-state index contributed by atoms with van der Waals surface area (Å²) in [5.41, 5.74) is 5.49. The Balaban J connectivity index is 1.50. The summed E-state index contributed by atoms with van der Waals surface area (Å²) in [6.07, 6.45) is 2.62. The molecule has 0 atom stereocenters. The molecule has 0 amide bonds. The van der Waals surface area contributed by atoms with Crippen LogP contribution in [0.15, 0.2) is 53.4 Å². The molecular weight excluding hydrogens is 420 g/mol. The largest absolute Gasteiger partial charge is 0.366 e. The van der Waals surface area contributed by atoms with Crippen molar-refractivity contribution in [3.05, 3.63) is 82.3 Å². The number of anilines is 1. The van der Waals surface area contributed by atoms with Crippen molar-refractivity contribution in [3.63, 3.8) is 0 Å². The fraction of sp³-hybridized carbons (Fsp3) is 0.360. The molecule has 0 unspecified atom stereocenters. The lowest BCUT2D eigenvalue weighted by atomic mass is 10.0. The Labute approximate surface area is 190 Å².